The van der Waals surface area contributed by atoms with E-state index in [-0.39, 0.29) is 31.9 Å². The zero-order chi connectivity index (χ0) is 39.2. The maximum absolute atomic E-state index is 5.80. The summed E-state index contributed by atoms with van der Waals surface area (Å²) < 4.78 is 2.12. The molecule has 6 aromatic rings. The normalized spacial score (nSPS) is 12.9. The van der Waals surface area contributed by atoms with Crippen LogP contribution in [0.5, 0.6) is 0 Å². The molecule has 1 aliphatic carbocycles. The fourth-order valence-corrected chi connectivity index (χ4v) is 6.87. The number of pyridine rings is 1. The molecule has 0 fully saturated rings. The molecule has 0 saturated carbocycles. The summed E-state index contributed by atoms with van der Waals surface area (Å²) >= 11 is 0. The third-order valence-corrected chi connectivity index (χ3v) is 9.16. The van der Waals surface area contributed by atoms with Gasteiger partial charge in [-0.05, 0) is 56.6 Å². The molecule has 7 rings (SSSR count). The summed E-state index contributed by atoms with van der Waals surface area (Å²) in [6, 6.07) is 41.3. The fourth-order valence-electron chi connectivity index (χ4n) is 6.87. The molecule has 282 valence electrons. The Labute approximate surface area is 349 Å². The number of hydrogen-bond donors (Lipinski definition) is 0. The van der Waals surface area contributed by atoms with Crippen molar-refractivity contribution >= 4 is 32.8 Å². The second-order valence-electron chi connectivity index (χ2n) is 14.0. The third kappa shape index (κ3) is 10.7. The summed E-state index contributed by atoms with van der Waals surface area (Å²) in [4.78, 5) is 0. The van der Waals surface area contributed by atoms with E-state index < -0.39 is 0 Å². The van der Waals surface area contributed by atoms with Gasteiger partial charge in [0, 0.05) is 12.1 Å². The van der Waals surface area contributed by atoms with Crippen molar-refractivity contribution in [3.05, 3.63) is 201 Å². The van der Waals surface area contributed by atoms with Crippen LogP contribution in [0.3, 0.4) is 0 Å². The Kier molecular flexibility index (Phi) is 18.3. The van der Waals surface area contributed by atoms with Crippen molar-refractivity contribution in [2.45, 2.75) is 45.6 Å². The van der Waals surface area contributed by atoms with Gasteiger partial charge in [0.25, 0.3) is 0 Å². The minimum Gasteiger partial charge on any atom is -0.669 e. The zero-order valence-corrected chi connectivity index (χ0v) is 38.0. The second-order valence-corrected chi connectivity index (χ2v) is 14.0. The van der Waals surface area contributed by atoms with Gasteiger partial charge in [0.15, 0.2) is 11.0 Å². The number of para-hydroxylation sites is 1. The van der Waals surface area contributed by atoms with Gasteiger partial charge in [0.05, 0.1) is 0 Å². The largest absolute Gasteiger partial charge is 4.00 e. The SMILES string of the molecule is C=[n+]1c(C([N-]c2c(C(C)C)cccc2C(C)C)c2cc3ccccc3c3ccccc23)ccc/c1=C1/C=C[CH-]c2ccccc21.C[N-]C.C[N-]C.C[N-]C.[Hf+4]. The molecule has 0 spiro atoms. The van der Waals surface area contributed by atoms with Crippen LogP contribution >= 0.6 is 0 Å². The molecule has 0 aliphatic heterocycles. The first-order chi connectivity index (χ1) is 26.2. The van der Waals surface area contributed by atoms with Crippen molar-refractivity contribution < 1.29 is 30.1 Å². The van der Waals surface area contributed by atoms with E-state index in [9.17, 15) is 0 Å². The minimum atomic E-state index is -0.288. The van der Waals surface area contributed by atoms with Gasteiger partial charge >= 0.3 is 25.8 Å². The predicted molar refractivity (Wildman–Crippen MR) is 235 cm³/mol. The van der Waals surface area contributed by atoms with Crippen molar-refractivity contribution in [2.75, 3.05) is 42.3 Å². The molecule has 0 amide bonds. The van der Waals surface area contributed by atoms with Crippen LogP contribution in [0, 0.1) is 13.1 Å². The van der Waals surface area contributed by atoms with Crippen LogP contribution in [-0.2, 0) is 25.8 Å². The Morgan fingerprint density at radius 2 is 1.11 bits per heavy atom. The molecule has 5 nitrogen and oxygen atoms in total. The topological polar surface area (TPSA) is 62.3 Å². The number of nitrogens with zero attached hydrogens (tertiary/aromatic N) is 5. The quantitative estimate of drug-likeness (QED) is 0.0692. The molecule has 1 atom stereocenters. The first-order valence-corrected chi connectivity index (χ1v) is 18.7. The number of aromatic nitrogens is 1. The van der Waals surface area contributed by atoms with Gasteiger partial charge in [-0.2, -0.15) is 46.5 Å². The molecule has 0 radical (unpaired) electrons. The van der Waals surface area contributed by atoms with Gasteiger partial charge in [-0.15, -0.1) is 42.0 Å². The van der Waals surface area contributed by atoms with Crippen LogP contribution in [0.15, 0.2) is 127 Å². The Morgan fingerprint density at radius 3 is 1.73 bits per heavy atom. The Hall–Kier alpha value is -4.33. The molecule has 1 aromatic heterocycles. The van der Waals surface area contributed by atoms with Crippen molar-refractivity contribution in [2.24, 2.45) is 0 Å². The van der Waals surface area contributed by atoms with E-state index in [1.54, 1.807) is 42.3 Å². The van der Waals surface area contributed by atoms with Crippen molar-refractivity contribution in [3.8, 4) is 0 Å². The fraction of sp³-hybridized carbons (Fsp3) is 0.265. The second kappa shape index (κ2) is 22.3. The van der Waals surface area contributed by atoms with E-state index in [4.69, 9.17) is 12.0 Å². The van der Waals surface area contributed by atoms with Gasteiger partial charge in [-0.3, -0.25) is 0 Å². The van der Waals surface area contributed by atoms with E-state index in [0.29, 0.717) is 11.8 Å². The maximum Gasteiger partial charge on any atom is 4.00 e. The van der Waals surface area contributed by atoms with Crippen molar-refractivity contribution in [1.29, 1.82) is 0 Å². The molecule has 1 unspecified atom stereocenters. The monoisotopic (exact) mass is 895 g/mol. The van der Waals surface area contributed by atoms with Gasteiger partial charge in [0.1, 0.15) is 6.72 Å². The number of rotatable bonds is 6. The molecule has 55 heavy (non-hydrogen) atoms. The zero-order valence-electron chi connectivity index (χ0n) is 34.4. The van der Waals surface area contributed by atoms with Crippen LogP contribution in [-0.4, -0.2) is 42.3 Å². The molecule has 6 heteroatoms. The number of allylic oxidation sites excluding steroid dienone is 2. The number of fused-ring (bicyclic) bond motifs is 4. The van der Waals surface area contributed by atoms with Crippen molar-refractivity contribution in [1.82, 2.24) is 0 Å². The van der Waals surface area contributed by atoms with Crippen LogP contribution in [0.2, 0.25) is 0 Å². The first kappa shape index (κ1) is 45.1. The maximum atomic E-state index is 5.80. The smallest absolute Gasteiger partial charge is 0.669 e. The molecule has 0 bridgehead atoms. The van der Waals surface area contributed by atoms with Gasteiger partial charge in [-0.1, -0.05) is 129 Å². The van der Waals surface area contributed by atoms with Crippen molar-refractivity contribution in [3.63, 3.8) is 0 Å². The first-order valence-electron chi connectivity index (χ1n) is 18.7. The molecular weight excluding hydrogens is 837 g/mol. The summed E-state index contributed by atoms with van der Waals surface area (Å²) in [5.74, 6) is 0.677. The Morgan fingerprint density at radius 1 is 0.582 bits per heavy atom. The summed E-state index contributed by atoms with van der Waals surface area (Å²) in [6.07, 6.45) is 6.51. The van der Waals surface area contributed by atoms with Crippen LogP contribution < -0.4 is 9.59 Å². The summed E-state index contributed by atoms with van der Waals surface area (Å²) in [6.45, 7) is 13.8. The molecule has 0 saturated heterocycles. The summed E-state index contributed by atoms with van der Waals surface area (Å²) in [7, 11) is 10.5. The van der Waals surface area contributed by atoms with E-state index in [1.165, 1.54) is 49.4 Å². The molecule has 5 aromatic carbocycles. The number of benzene rings is 5. The Balaban J connectivity index is 0.000000743. The van der Waals surface area contributed by atoms with Gasteiger partial charge < -0.3 is 21.3 Å². The molecule has 1 heterocycles. The van der Waals surface area contributed by atoms with Crippen LogP contribution in [0.1, 0.15) is 79.1 Å². The number of hydrogen-bond acceptors (Lipinski definition) is 0. The van der Waals surface area contributed by atoms with E-state index in [2.05, 4.69) is 182 Å². The minimum absolute atomic E-state index is 0. The molecule has 1 aliphatic rings. The van der Waals surface area contributed by atoms with Crippen LogP contribution in [0.25, 0.3) is 48.4 Å². The van der Waals surface area contributed by atoms with Gasteiger partial charge in [-0.25, -0.2) is 0 Å². The predicted octanol–water partition coefficient (Wildman–Crippen LogP) is 12.1. The average molecular weight is 895 g/mol. The van der Waals surface area contributed by atoms with E-state index >= 15 is 0 Å². The molecular formula is C49H57HfN5. The standard InChI is InChI=1S/C43H39N2.3C2H6N.Hf/c1-28(2)32-22-13-23-33(29(3)4)42(32)44-43(39-27-31-16-7-9-19-35(31)36-20-10-11-21-37(36)39)41-26-14-25-40(45(41)5)38-24-12-17-30-15-6-8-18-34(30)38;3*1-3-2;/h6-29,43H,5H2,1-4H3;3*1-2H3;/q4*-1;+4/b40-38+;;;;. The Bertz CT molecular complexity index is 2240. The molecule has 0 N–H and O–H groups in total. The van der Waals surface area contributed by atoms with E-state index in [1.807, 2.05) is 0 Å². The van der Waals surface area contributed by atoms with E-state index in [0.717, 1.165) is 22.3 Å². The summed E-state index contributed by atoms with van der Waals surface area (Å²) in [5.41, 5.74) is 9.48. The summed E-state index contributed by atoms with van der Waals surface area (Å²) in [5, 5.41) is 22.3. The van der Waals surface area contributed by atoms with Crippen LogP contribution in [0.4, 0.5) is 5.69 Å². The average Bonchev–Trinajstić information content (AvgIpc) is 3.17. The third-order valence-electron chi connectivity index (χ3n) is 9.16. The van der Waals surface area contributed by atoms with Gasteiger partial charge in [0.2, 0.25) is 0 Å².